The van der Waals surface area contributed by atoms with Crippen molar-refractivity contribution in [2.75, 3.05) is 19.7 Å². The number of hydrogen-bond acceptors (Lipinski definition) is 2. The maximum atomic E-state index is 6.04. The van der Waals surface area contributed by atoms with Gasteiger partial charge in [-0.25, -0.2) is 0 Å². The highest BCUT2D eigenvalue weighted by Crippen LogP contribution is 2.20. The number of nitrogens with one attached hydrogen (secondary N) is 1. The van der Waals surface area contributed by atoms with Gasteiger partial charge in [0.1, 0.15) is 0 Å². The Balaban J connectivity index is 2.37. The molecule has 0 bridgehead atoms. The first kappa shape index (κ1) is 17.5. The van der Waals surface area contributed by atoms with Crippen molar-refractivity contribution in [2.24, 2.45) is 0 Å². The second-order valence-electron chi connectivity index (χ2n) is 5.13. The average Bonchev–Trinajstić information content (AvgIpc) is 2.47. The van der Waals surface area contributed by atoms with E-state index in [1.165, 1.54) is 31.2 Å². The van der Waals surface area contributed by atoms with Crippen LogP contribution in [0, 0.1) is 0 Å². The van der Waals surface area contributed by atoms with Gasteiger partial charge in [0, 0.05) is 18.2 Å². The maximum Gasteiger partial charge on any atom is 0.0949 e. The molecule has 0 amide bonds. The molecule has 0 aliphatic carbocycles. The van der Waals surface area contributed by atoms with E-state index in [2.05, 4.69) is 31.3 Å². The number of rotatable bonds is 11. The largest absolute Gasteiger partial charge is 0.372 e. The molecule has 1 aromatic carbocycles. The number of benzene rings is 1. The molecule has 1 rings (SSSR count). The molecule has 0 saturated heterocycles. The summed E-state index contributed by atoms with van der Waals surface area (Å²) in [4.78, 5) is 0. The Morgan fingerprint density at radius 3 is 2.40 bits per heavy atom. The molecule has 0 radical (unpaired) electrons. The maximum absolute atomic E-state index is 6.04. The third-order valence-corrected chi connectivity index (χ3v) is 3.64. The smallest absolute Gasteiger partial charge is 0.0949 e. The van der Waals surface area contributed by atoms with E-state index < -0.39 is 0 Å². The fraction of sp³-hybridized carbons (Fsp3) is 0.647. The quantitative estimate of drug-likeness (QED) is 0.582. The summed E-state index contributed by atoms with van der Waals surface area (Å²) in [6, 6.07) is 7.98. The highest BCUT2D eigenvalue weighted by atomic mass is 35.5. The molecule has 114 valence electrons. The number of likely N-dealkylation sites (N-methyl/N-ethyl adjacent to an activating group) is 1. The zero-order valence-corrected chi connectivity index (χ0v) is 13.6. The van der Waals surface area contributed by atoms with Gasteiger partial charge in [-0.15, -0.1) is 0 Å². The van der Waals surface area contributed by atoms with Crippen LogP contribution in [-0.2, 0) is 4.74 Å². The van der Waals surface area contributed by atoms with Crippen molar-refractivity contribution in [2.45, 2.75) is 52.1 Å². The molecule has 1 N–H and O–H groups in total. The lowest BCUT2D eigenvalue weighted by Crippen LogP contribution is -2.23. The van der Waals surface area contributed by atoms with Gasteiger partial charge in [0.15, 0.2) is 0 Å². The van der Waals surface area contributed by atoms with Crippen molar-refractivity contribution in [1.82, 2.24) is 5.32 Å². The Kier molecular flexibility index (Phi) is 9.73. The molecule has 0 fully saturated rings. The monoisotopic (exact) mass is 297 g/mol. The summed E-state index contributed by atoms with van der Waals surface area (Å²) in [7, 11) is 0. The normalized spacial score (nSPS) is 12.6. The summed E-state index contributed by atoms with van der Waals surface area (Å²) >= 11 is 5.94. The van der Waals surface area contributed by atoms with Crippen LogP contribution in [0.5, 0.6) is 0 Å². The van der Waals surface area contributed by atoms with Gasteiger partial charge in [0.05, 0.1) is 6.10 Å². The SMILES string of the molecule is CCCCCCCOC(CNCC)c1ccc(Cl)cc1. The Bertz CT molecular complexity index is 339. The molecule has 0 saturated carbocycles. The van der Waals surface area contributed by atoms with Gasteiger partial charge in [-0.3, -0.25) is 0 Å². The standard InChI is InChI=1S/C17H28ClNO/c1-3-5-6-7-8-13-20-17(14-19-4-2)15-9-11-16(18)12-10-15/h9-12,17,19H,3-8,13-14H2,1-2H3. The number of hydrogen-bond donors (Lipinski definition) is 1. The van der Waals surface area contributed by atoms with Crippen LogP contribution in [0.4, 0.5) is 0 Å². The van der Waals surface area contributed by atoms with E-state index in [9.17, 15) is 0 Å². The van der Waals surface area contributed by atoms with E-state index in [1.807, 2.05) is 12.1 Å². The van der Waals surface area contributed by atoms with E-state index in [0.717, 1.165) is 31.1 Å². The number of halogens is 1. The second kappa shape index (κ2) is 11.1. The van der Waals surface area contributed by atoms with Crippen LogP contribution >= 0.6 is 11.6 Å². The van der Waals surface area contributed by atoms with Crippen molar-refractivity contribution >= 4 is 11.6 Å². The Morgan fingerprint density at radius 2 is 1.75 bits per heavy atom. The van der Waals surface area contributed by atoms with Crippen molar-refractivity contribution in [1.29, 1.82) is 0 Å². The van der Waals surface area contributed by atoms with Crippen LogP contribution in [0.3, 0.4) is 0 Å². The van der Waals surface area contributed by atoms with Crippen LogP contribution in [0.2, 0.25) is 5.02 Å². The Hall–Kier alpha value is -0.570. The van der Waals surface area contributed by atoms with Crippen LogP contribution in [0.15, 0.2) is 24.3 Å². The number of ether oxygens (including phenoxy) is 1. The van der Waals surface area contributed by atoms with Crippen molar-refractivity contribution < 1.29 is 4.74 Å². The lowest BCUT2D eigenvalue weighted by atomic mass is 10.1. The second-order valence-corrected chi connectivity index (χ2v) is 5.57. The van der Waals surface area contributed by atoms with Crippen LogP contribution in [-0.4, -0.2) is 19.7 Å². The zero-order chi connectivity index (χ0) is 14.6. The minimum absolute atomic E-state index is 0.124. The van der Waals surface area contributed by atoms with Gasteiger partial charge < -0.3 is 10.1 Å². The first-order valence-corrected chi connectivity index (χ1v) is 8.23. The lowest BCUT2D eigenvalue weighted by Gasteiger charge is -2.19. The molecular formula is C17H28ClNO. The van der Waals surface area contributed by atoms with E-state index in [1.54, 1.807) is 0 Å². The predicted molar refractivity (Wildman–Crippen MR) is 87.4 cm³/mol. The molecule has 1 atom stereocenters. The summed E-state index contributed by atoms with van der Waals surface area (Å²) in [5.74, 6) is 0. The van der Waals surface area contributed by atoms with E-state index in [4.69, 9.17) is 16.3 Å². The first-order chi connectivity index (χ1) is 9.77. The van der Waals surface area contributed by atoms with Crippen molar-refractivity contribution in [3.05, 3.63) is 34.9 Å². The van der Waals surface area contributed by atoms with E-state index in [0.29, 0.717) is 0 Å². The molecule has 1 unspecified atom stereocenters. The molecule has 20 heavy (non-hydrogen) atoms. The minimum atomic E-state index is 0.124. The van der Waals surface area contributed by atoms with Crippen molar-refractivity contribution in [3.63, 3.8) is 0 Å². The highest BCUT2D eigenvalue weighted by Gasteiger charge is 2.11. The molecule has 0 aliphatic rings. The van der Waals surface area contributed by atoms with Crippen molar-refractivity contribution in [3.8, 4) is 0 Å². The summed E-state index contributed by atoms with van der Waals surface area (Å²) in [6.45, 7) is 7.01. The average molecular weight is 298 g/mol. The fourth-order valence-corrected chi connectivity index (χ4v) is 2.28. The third-order valence-electron chi connectivity index (χ3n) is 3.39. The lowest BCUT2D eigenvalue weighted by molar-refractivity contribution is 0.0502. The number of unbranched alkanes of at least 4 members (excludes halogenated alkanes) is 4. The van der Waals surface area contributed by atoms with Gasteiger partial charge in [0.2, 0.25) is 0 Å². The van der Waals surface area contributed by atoms with E-state index >= 15 is 0 Å². The molecule has 1 aromatic rings. The topological polar surface area (TPSA) is 21.3 Å². The first-order valence-electron chi connectivity index (χ1n) is 7.85. The van der Waals surface area contributed by atoms with Crippen LogP contribution < -0.4 is 5.32 Å². The summed E-state index contributed by atoms with van der Waals surface area (Å²) < 4.78 is 6.04. The Labute approximate surface area is 128 Å². The summed E-state index contributed by atoms with van der Waals surface area (Å²) in [5, 5.41) is 4.14. The molecular weight excluding hydrogens is 270 g/mol. The molecule has 0 heterocycles. The molecule has 3 heteroatoms. The zero-order valence-electron chi connectivity index (χ0n) is 12.8. The van der Waals surface area contributed by atoms with Gasteiger partial charge in [-0.1, -0.05) is 63.3 Å². The minimum Gasteiger partial charge on any atom is -0.372 e. The van der Waals surface area contributed by atoms with Gasteiger partial charge >= 0.3 is 0 Å². The summed E-state index contributed by atoms with van der Waals surface area (Å²) in [5.41, 5.74) is 1.20. The third kappa shape index (κ3) is 7.28. The van der Waals surface area contributed by atoms with E-state index in [-0.39, 0.29) is 6.10 Å². The fourth-order valence-electron chi connectivity index (χ4n) is 2.16. The molecule has 0 aliphatic heterocycles. The highest BCUT2D eigenvalue weighted by molar-refractivity contribution is 6.30. The molecule has 2 nitrogen and oxygen atoms in total. The van der Waals surface area contributed by atoms with Crippen LogP contribution in [0.1, 0.15) is 57.6 Å². The van der Waals surface area contributed by atoms with Gasteiger partial charge in [0.25, 0.3) is 0 Å². The summed E-state index contributed by atoms with van der Waals surface area (Å²) in [6.07, 6.45) is 6.47. The Morgan fingerprint density at radius 1 is 1.05 bits per heavy atom. The molecule has 0 aromatic heterocycles. The van der Waals surface area contributed by atoms with Crippen LogP contribution in [0.25, 0.3) is 0 Å². The van der Waals surface area contributed by atoms with Gasteiger partial charge in [-0.05, 0) is 30.7 Å². The predicted octanol–water partition coefficient (Wildman–Crippen LogP) is 4.98. The molecule has 0 spiro atoms. The van der Waals surface area contributed by atoms with Gasteiger partial charge in [-0.2, -0.15) is 0 Å².